The standard InChI is InChI=1S/C27H27ClF3N11O2/c28-20-11-16(1-2-18(20)26(44)36-7-6-34-14-22(43)38-17-3-5-33-12-17)39-24-25-37-13-21(42(25)10-8-35-24)19-15-41(9-4-32)40-23(19)27(29,30)31/h1-2,8,10-11,13,15,17,33-34H,3,5-7,9,12,14H2,(H,35,39)(H,36,44)(H,38,43)/t17-/m0/s1. The zero-order valence-electron chi connectivity index (χ0n) is 23.1. The summed E-state index contributed by atoms with van der Waals surface area (Å²) in [4.78, 5) is 33.1. The molecule has 17 heteroatoms. The lowest BCUT2D eigenvalue weighted by molar-refractivity contribution is -0.141. The van der Waals surface area contributed by atoms with Gasteiger partial charge < -0.3 is 26.6 Å². The number of rotatable bonds is 11. The maximum atomic E-state index is 13.7. The number of benzene rings is 1. The summed E-state index contributed by atoms with van der Waals surface area (Å²) in [6.45, 7) is 2.09. The molecule has 1 aromatic carbocycles. The fourth-order valence-corrected chi connectivity index (χ4v) is 4.98. The van der Waals surface area contributed by atoms with Gasteiger partial charge in [0.25, 0.3) is 5.91 Å². The number of nitrogens with one attached hydrogen (secondary N) is 5. The quantitative estimate of drug-likeness (QED) is 0.157. The highest BCUT2D eigenvalue weighted by Crippen LogP contribution is 2.37. The van der Waals surface area contributed by atoms with Gasteiger partial charge in [0.05, 0.1) is 40.7 Å². The van der Waals surface area contributed by atoms with Gasteiger partial charge >= 0.3 is 6.18 Å². The average Bonchev–Trinajstić information content (AvgIpc) is 3.73. The lowest BCUT2D eigenvalue weighted by atomic mass is 10.2. The maximum absolute atomic E-state index is 13.7. The van der Waals surface area contributed by atoms with Gasteiger partial charge in [0.2, 0.25) is 5.91 Å². The summed E-state index contributed by atoms with van der Waals surface area (Å²) in [5, 5.41) is 27.5. The van der Waals surface area contributed by atoms with E-state index < -0.39 is 17.8 Å². The first-order chi connectivity index (χ1) is 21.1. The Morgan fingerprint density at radius 1 is 1.23 bits per heavy atom. The molecule has 5 rings (SSSR count). The minimum Gasteiger partial charge on any atom is -0.351 e. The van der Waals surface area contributed by atoms with Gasteiger partial charge in [-0.05, 0) is 31.2 Å². The van der Waals surface area contributed by atoms with E-state index in [0.717, 1.165) is 30.4 Å². The number of fused-ring (bicyclic) bond motifs is 1. The van der Waals surface area contributed by atoms with Crippen molar-refractivity contribution in [2.24, 2.45) is 0 Å². The number of carbonyl (C=O) groups is 2. The number of aromatic nitrogens is 5. The molecule has 0 radical (unpaired) electrons. The van der Waals surface area contributed by atoms with E-state index in [4.69, 9.17) is 16.9 Å². The lowest BCUT2D eigenvalue weighted by Crippen LogP contribution is -2.42. The largest absolute Gasteiger partial charge is 0.435 e. The zero-order valence-corrected chi connectivity index (χ0v) is 23.8. The fourth-order valence-electron chi connectivity index (χ4n) is 4.71. The summed E-state index contributed by atoms with van der Waals surface area (Å²) in [6.07, 6.45) is 1.41. The highest BCUT2D eigenvalue weighted by atomic mass is 35.5. The van der Waals surface area contributed by atoms with Gasteiger partial charge in [-0.25, -0.2) is 9.97 Å². The molecule has 0 bridgehead atoms. The van der Waals surface area contributed by atoms with Gasteiger partial charge in [0, 0.05) is 50.0 Å². The van der Waals surface area contributed by atoms with Gasteiger partial charge in [-0.1, -0.05) is 11.6 Å². The molecule has 2 amide bonds. The van der Waals surface area contributed by atoms with E-state index in [9.17, 15) is 22.8 Å². The van der Waals surface area contributed by atoms with Crippen molar-refractivity contribution in [2.75, 3.05) is 38.0 Å². The molecule has 0 saturated carbocycles. The topological polar surface area (TPSA) is 166 Å². The third-order valence-corrected chi connectivity index (χ3v) is 7.05. The number of hydrogen-bond acceptors (Lipinski definition) is 9. The molecule has 0 unspecified atom stereocenters. The molecule has 5 N–H and O–H groups in total. The van der Waals surface area contributed by atoms with Gasteiger partial charge in [-0.15, -0.1) is 0 Å². The highest BCUT2D eigenvalue weighted by molar-refractivity contribution is 6.34. The van der Waals surface area contributed by atoms with E-state index in [1.807, 2.05) is 0 Å². The molecule has 1 atom stereocenters. The second-order valence-electron chi connectivity index (χ2n) is 9.87. The summed E-state index contributed by atoms with van der Waals surface area (Å²) >= 11 is 6.39. The third-order valence-electron chi connectivity index (χ3n) is 6.74. The van der Waals surface area contributed by atoms with Crippen molar-refractivity contribution in [2.45, 2.75) is 25.2 Å². The van der Waals surface area contributed by atoms with Crippen LogP contribution in [0.2, 0.25) is 5.02 Å². The van der Waals surface area contributed by atoms with Crippen molar-refractivity contribution in [1.82, 2.24) is 45.4 Å². The molecule has 13 nitrogen and oxygen atoms in total. The SMILES string of the molecule is N#CCn1cc(-c2cnc3c(Nc4ccc(C(=O)NCCNCC(=O)N[C@H]5CCNC5)c(Cl)c4)nccn23)c(C(F)(F)F)n1. The number of imidazole rings is 1. The number of carbonyl (C=O) groups excluding carboxylic acids is 2. The molecule has 0 spiro atoms. The first-order valence-electron chi connectivity index (χ1n) is 13.5. The molecule has 230 valence electrons. The van der Waals surface area contributed by atoms with Crippen molar-refractivity contribution in [3.8, 4) is 17.3 Å². The molecule has 1 saturated heterocycles. The van der Waals surface area contributed by atoms with Gasteiger partial charge in [-0.2, -0.15) is 23.5 Å². The van der Waals surface area contributed by atoms with Crippen LogP contribution in [0.1, 0.15) is 22.5 Å². The van der Waals surface area contributed by atoms with Crippen molar-refractivity contribution in [3.05, 3.63) is 59.3 Å². The molecule has 1 fully saturated rings. The minimum atomic E-state index is -4.75. The summed E-state index contributed by atoms with van der Waals surface area (Å²) in [6, 6.07) is 6.55. The second kappa shape index (κ2) is 13.3. The number of hydrogen-bond donors (Lipinski definition) is 5. The number of nitriles is 1. The molecule has 4 aromatic rings. The predicted octanol–water partition coefficient (Wildman–Crippen LogP) is 2.33. The Balaban J connectivity index is 1.22. The normalized spacial score (nSPS) is 14.8. The average molecular weight is 630 g/mol. The molecule has 1 aliphatic heterocycles. The van der Waals surface area contributed by atoms with Crippen LogP contribution in [0.3, 0.4) is 0 Å². The predicted molar refractivity (Wildman–Crippen MR) is 154 cm³/mol. The highest BCUT2D eigenvalue weighted by Gasteiger charge is 2.38. The smallest absolute Gasteiger partial charge is 0.351 e. The van der Waals surface area contributed by atoms with Crippen LogP contribution >= 0.6 is 11.6 Å². The Morgan fingerprint density at radius 2 is 2.07 bits per heavy atom. The van der Waals surface area contributed by atoms with Crippen LogP contribution in [0.15, 0.2) is 43.0 Å². The van der Waals surface area contributed by atoms with E-state index in [1.165, 1.54) is 35.1 Å². The van der Waals surface area contributed by atoms with E-state index in [2.05, 4.69) is 41.7 Å². The first kappa shape index (κ1) is 30.7. The van der Waals surface area contributed by atoms with Crippen LogP contribution in [0.25, 0.3) is 16.9 Å². The zero-order chi connectivity index (χ0) is 31.3. The Hall–Kier alpha value is -4.72. The fraction of sp³-hybridized carbons (Fsp3) is 0.333. The monoisotopic (exact) mass is 629 g/mol. The Kier molecular flexibility index (Phi) is 9.28. The molecule has 0 aliphatic carbocycles. The van der Waals surface area contributed by atoms with Crippen LogP contribution in [-0.4, -0.2) is 74.7 Å². The van der Waals surface area contributed by atoms with Gasteiger partial charge in [0.15, 0.2) is 17.2 Å². The molecule has 4 heterocycles. The van der Waals surface area contributed by atoms with Crippen LogP contribution in [-0.2, 0) is 17.5 Å². The van der Waals surface area contributed by atoms with Crippen LogP contribution in [0.5, 0.6) is 0 Å². The molecule has 1 aliphatic rings. The van der Waals surface area contributed by atoms with Crippen molar-refractivity contribution >= 4 is 40.6 Å². The van der Waals surface area contributed by atoms with E-state index in [1.54, 1.807) is 12.1 Å². The number of halogens is 4. The summed E-state index contributed by atoms with van der Waals surface area (Å²) in [5.74, 6) is -0.282. The third kappa shape index (κ3) is 7.08. The molecule has 44 heavy (non-hydrogen) atoms. The van der Waals surface area contributed by atoms with Crippen molar-refractivity contribution in [1.29, 1.82) is 5.26 Å². The van der Waals surface area contributed by atoms with E-state index >= 15 is 0 Å². The maximum Gasteiger partial charge on any atom is 0.435 e. The van der Waals surface area contributed by atoms with Gasteiger partial charge in [-0.3, -0.25) is 18.7 Å². The Morgan fingerprint density at radius 3 is 2.80 bits per heavy atom. The van der Waals surface area contributed by atoms with Crippen molar-refractivity contribution < 1.29 is 22.8 Å². The summed E-state index contributed by atoms with van der Waals surface area (Å²) in [7, 11) is 0. The summed E-state index contributed by atoms with van der Waals surface area (Å²) in [5.41, 5.74) is -0.363. The van der Waals surface area contributed by atoms with Gasteiger partial charge in [0.1, 0.15) is 6.54 Å². The number of nitrogens with zero attached hydrogens (tertiary/aromatic N) is 6. The van der Waals surface area contributed by atoms with Crippen LogP contribution < -0.4 is 26.6 Å². The molecular weight excluding hydrogens is 603 g/mol. The second-order valence-corrected chi connectivity index (χ2v) is 10.3. The molecular formula is C27H27ClF3N11O2. The van der Waals surface area contributed by atoms with E-state index in [0.29, 0.717) is 12.2 Å². The first-order valence-corrected chi connectivity index (χ1v) is 13.9. The van der Waals surface area contributed by atoms with E-state index in [-0.39, 0.29) is 64.9 Å². The Bertz CT molecular complexity index is 1710. The van der Waals surface area contributed by atoms with Crippen molar-refractivity contribution in [3.63, 3.8) is 0 Å². The lowest BCUT2D eigenvalue weighted by Gasteiger charge is -2.12. The number of alkyl halides is 3. The van der Waals surface area contributed by atoms with Crippen LogP contribution in [0.4, 0.5) is 24.7 Å². The molecule has 3 aromatic heterocycles. The summed E-state index contributed by atoms with van der Waals surface area (Å²) < 4.78 is 43.5. The number of anilines is 2. The Labute approximate surface area is 253 Å². The minimum absolute atomic E-state index is 0.105. The number of amides is 2. The van der Waals surface area contributed by atoms with Crippen LogP contribution in [0, 0.1) is 11.3 Å².